The zero-order valence-corrected chi connectivity index (χ0v) is 16.1. The van der Waals surface area contributed by atoms with E-state index < -0.39 is 0 Å². The van der Waals surface area contributed by atoms with Crippen molar-refractivity contribution in [3.8, 4) is 11.1 Å². The molecule has 0 saturated heterocycles. The fourth-order valence-electron chi connectivity index (χ4n) is 2.43. The van der Waals surface area contributed by atoms with E-state index in [0.29, 0.717) is 0 Å². The average Bonchev–Trinajstić information content (AvgIpc) is 2.65. The van der Waals surface area contributed by atoms with Gasteiger partial charge in [-0.05, 0) is 76.2 Å². The quantitative estimate of drug-likeness (QED) is 0.336. The van der Waals surface area contributed by atoms with Crippen LogP contribution in [0.2, 0.25) is 0 Å². The molecule has 1 aromatic heterocycles. The Bertz CT molecular complexity index is 845. The van der Waals surface area contributed by atoms with Crippen LogP contribution in [-0.4, -0.2) is 18.2 Å². The average molecular weight is 442 g/mol. The van der Waals surface area contributed by atoms with Crippen LogP contribution in [0.25, 0.3) is 11.1 Å². The molecular weight excluding hydrogens is 423 g/mol. The van der Waals surface area contributed by atoms with Gasteiger partial charge in [-0.3, -0.25) is 10.4 Å². The number of aromatic nitrogens is 1. The molecule has 0 unspecified atom stereocenters. The first-order chi connectivity index (χ1) is 12.3. The van der Waals surface area contributed by atoms with Crippen molar-refractivity contribution in [2.24, 2.45) is 5.10 Å². The number of hydrazone groups is 1. The SMILES string of the molecule is CNCc1ccc(C=NNc2ccc(-c3cccnc3)cc2)cc1I. The molecule has 0 atom stereocenters. The Balaban J connectivity index is 1.63. The predicted octanol–water partition coefficient (Wildman–Crippen LogP) is 4.52. The fraction of sp³-hybridized carbons (Fsp3) is 0.100. The second-order valence-electron chi connectivity index (χ2n) is 5.57. The highest BCUT2D eigenvalue weighted by atomic mass is 127. The highest BCUT2D eigenvalue weighted by Crippen LogP contribution is 2.20. The van der Waals surface area contributed by atoms with E-state index in [4.69, 9.17) is 0 Å². The van der Waals surface area contributed by atoms with Crippen molar-refractivity contribution in [3.05, 3.63) is 81.7 Å². The van der Waals surface area contributed by atoms with E-state index in [2.05, 4.69) is 73.8 Å². The smallest absolute Gasteiger partial charge is 0.0562 e. The van der Waals surface area contributed by atoms with E-state index in [-0.39, 0.29) is 0 Å². The van der Waals surface area contributed by atoms with E-state index in [0.717, 1.165) is 28.9 Å². The normalized spacial score (nSPS) is 11.0. The molecule has 0 amide bonds. The summed E-state index contributed by atoms with van der Waals surface area (Å²) in [6, 6.07) is 18.5. The van der Waals surface area contributed by atoms with Crippen LogP contribution in [0.3, 0.4) is 0 Å². The van der Waals surface area contributed by atoms with Crippen LogP contribution >= 0.6 is 22.6 Å². The van der Waals surface area contributed by atoms with Gasteiger partial charge in [-0.1, -0.05) is 30.3 Å². The summed E-state index contributed by atoms with van der Waals surface area (Å²) in [5.74, 6) is 0. The van der Waals surface area contributed by atoms with Crippen LogP contribution < -0.4 is 10.7 Å². The molecule has 25 heavy (non-hydrogen) atoms. The summed E-state index contributed by atoms with van der Waals surface area (Å²) in [6.07, 6.45) is 5.47. The molecule has 126 valence electrons. The lowest BCUT2D eigenvalue weighted by atomic mass is 10.1. The third-order valence-corrected chi connectivity index (χ3v) is 4.74. The molecule has 2 N–H and O–H groups in total. The number of halogens is 1. The van der Waals surface area contributed by atoms with Crippen molar-refractivity contribution in [1.82, 2.24) is 10.3 Å². The van der Waals surface area contributed by atoms with E-state index >= 15 is 0 Å². The second kappa shape index (κ2) is 8.73. The van der Waals surface area contributed by atoms with Gasteiger partial charge in [-0.15, -0.1) is 0 Å². The number of hydrogen-bond acceptors (Lipinski definition) is 4. The number of nitrogens with one attached hydrogen (secondary N) is 2. The predicted molar refractivity (Wildman–Crippen MR) is 113 cm³/mol. The van der Waals surface area contributed by atoms with E-state index in [1.807, 2.05) is 43.7 Å². The molecule has 5 heteroatoms. The molecule has 1 heterocycles. The van der Waals surface area contributed by atoms with Crippen molar-refractivity contribution < 1.29 is 0 Å². The van der Waals surface area contributed by atoms with Gasteiger partial charge in [0.1, 0.15) is 0 Å². The maximum absolute atomic E-state index is 4.32. The molecule has 0 fully saturated rings. The lowest BCUT2D eigenvalue weighted by Crippen LogP contribution is -2.06. The zero-order valence-electron chi connectivity index (χ0n) is 13.9. The minimum atomic E-state index is 0.872. The number of pyridine rings is 1. The van der Waals surface area contributed by atoms with Gasteiger partial charge >= 0.3 is 0 Å². The molecule has 0 bridgehead atoms. The van der Waals surface area contributed by atoms with Crippen molar-refractivity contribution in [1.29, 1.82) is 0 Å². The van der Waals surface area contributed by atoms with Gasteiger partial charge in [0, 0.05) is 22.5 Å². The number of anilines is 1. The summed E-state index contributed by atoms with van der Waals surface area (Å²) in [4.78, 5) is 4.15. The standard InChI is InChI=1S/C20H19IN4/c1-22-13-18-5-4-15(11-20(18)21)12-24-25-19-8-6-16(7-9-19)17-3-2-10-23-14-17/h2-12,14,22,25H,13H2,1H3. The Morgan fingerprint density at radius 1 is 1.08 bits per heavy atom. The van der Waals surface area contributed by atoms with Crippen LogP contribution in [0, 0.1) is 3.57 Å². The van der Waals surface area contributed by atoms with Gasteiger partial charge < -0.3 is 5.32 Å². The molecule has 0 aliphatic heterocycles. The van der Waals surface area contributed by atoms with Gasteiger partial charge in [-0.2, -0.15) is 5.10 Å². The molecule has 2 aromatic carbocycles. The molecule has 0 radical (unpaired) electrons. The second-order valence-corrected chi connectivity index (χ2v) is 6.73. The molecule has 0 aliphatic carbocycles. The minimum absolute atomic E-state index is 0.872. The summed E-state index contributed by atoms with van der Waals surface area (Å²) >= 11 is 2.35. The van der Waals surface area contributed by atoms with Gasteiger partial charge in [-0.25, -0.2) is 0 Å². The summed E-state index contributed by atoms with van der Waals surface area (Å²) in [6.45, 7) is 0.872. The summed E-state index contributed by atoms with van der Waals surface area (Å²) < 4.78 is 1.23. The number of nitrogens with zero attached hydrogens (tertiary/aromatic N) is 2. The van der Waals surface area contributed by atoms with E-state index in [1.165, 1.54) is 9.13 Å². The maximum atomic E-state index is 4.32. The van der Waals surface area contributed by atoms with Crippen molar-refractivity contribution >= 4 is 34.5 Å². The summed E-state index contributed by atoms with van der Waals surface area (Å²) in [5.41, 5.74) is 8.63. The lowest BCUT2D eigenvalue weighted by Gasteiger charge is -2.05. The molecule has 3 rings (SSSR count). The molecule has 3 aromatic rings. The van der Waals surface area contributed by atoms with Crippen LogP contribution in [0.5, 0.6) is 0 Å². The van der Waals surface area contributed by atoms with Gasteiger partial charge in [0.2, 0.25) is 0 Å². The van der Waals surface area contributed by atoms with Crippen LogP contribution in [0.4, 0.5) is 5.69 Å². The van der Waals surface area contributed by atoms with Crippen molar-refractivity contribution in [2.75, 3.05) is 12.5 Å². The summed E-state index contributed by atoms with van der Waals surface area (Å²) in [7, 11) is 1.95. The third kappa shape index (κ3) is 4.87. The first-order valence-corrected chi connectivity index (χ1v) is 9.07. The third-order valence-electron chi connectivity index (χ3n) is 3.73. The Morgan fingerprint density at radius 2 is 1.92 bits per heavy atom. The Labute approximate surface area is 161 Å². The highest BCUT2D eigenvalue weighted by molar-refractivity contribution is 14.1. The van der Waals surface area contributed by atoms with Gasteiger partial charge in [0.25, 0.3) is 0 Å². The lowest BCUT2D eigenvalue weighted by molar-refractivity contribution is 0.814. The van der Waals surface area contributed by atoms with Crippen LogP contribution in [0.15, 0.2) is 72.1 Å². The molecule has 0 saturated carbocycles. The van der Waals surface area contributed by atoms with Crippen LogP contribution in [0.1, 0.15) is 11.1 Å². The fourth-order valence-corrected chi connectivity index (χ4v) is 3.16. The van der Waals surface area contributed by atoms with E-state index in [1.54, 1.807) is 6.20 Å². The zero-order chi connectivity index (χ0) is 17.5. The minimum Gasteiger partial charge on any atom is -0.316 e. The van der Waals surface area contributed by atoms with Crippen molar-refractivity contribution in [3.63, 3.8) is 0 Å². The van der Waals surface area contributed by atoms with Gasteiger partial charge in [0.05, 0.1) is 11.9 Å². The van der Waals surface area contributed by atoms with E-state index in [9.17, 15) is 0 Å². The molecule has 4 nitrogen and oxygen atoms in total. The molecular formula is C20H19IN4. The number of rotatable bonds is 6. The Kier molecular flexibility index (Phi) is 6.14. The van der Waals surface area contributed by atoms with Gasteiger partial charge in [0.15, 0.2) is 0 Å². The highest BCUT2D eigenvalue weighted by Gasteiger charge is 2.00. The molecule has 0 aliphatic rings. The Morgan fingerprint density at radius 3 is 2.60 bits per heavy atom. The topological polar surface area (TPSA) is 49.3 Å². The largest absolute Gasteiger partial charge is 0.316 e. The van der Waals surface area contributed by atoms with Crippen molar-refractivity contribution in [2.45, 2.75) is 6.54 Å². The first kappa shape index (κ1) is 17.6. The van der Waals surface area contributed by atoms with Crippen LogP contribution in [-0.2, 0) is 6.54 Å². The number of hydrogen-bond donors (Lipinski definition) is 2. The molecule has 0 spiro atoms. The summed E-state index contributed by atoms with van der Waals surface area (Å²) in [5, 5.41) is 7.50. The maximum Gasteiger partial charge on any atom is 0.0562 e. The number of benzene rings is 2. The monoisotopic (exact) mass is 442 g/mol. The Hall–Kier alpha value is -2.25. The first-order valence-electron chi connectivity index (χ1n) is 7.99.